The molecule has 2 aromatic heterocycles. The van der Waals surface area contributed by atoms with Gasteiger partial charge >= 0.3 is 6.18 Å². The first kappa shape index (κ1) is 20.6. The van der Waals surface area contributed by atoms with E-state index in [1.165, 1.54) is 12.1 Å². The van der Waals surface area contributed by atoms with Crippen molar-refractivity contribution in [1.29, 1.82) is 0 Å². The first-order chi connectivity index (χ1) is 14.8. The summed E-state index contributed by atoms with van der Waals surface area (Å²) in [5.74, 6) is 0.755. The number of aryl methyl sites for hydroxylation is 1. The van der Waals surface area contributed by atoms with Gasteiger partial charge in [-0.3, -0.25) is 4.68 Å². The molecule has 0 aliphatic rings. The molecule has 160 valence electrons. The molecule has 0 radical (unpaired) electrons. The van der Waals surface area contributed by atoms with Crippen molar-refractivity contribution in [1.82, 2.24) is 19.7 Å². The standard InChI is InChI=1S/C21H20F3N7/c1-31-19-16(11-27-31)18(28-15-9-7-14(8-10-15)21(22,23)24)29-20(30-19)26-12-17(25)13-5-3-2-4-6-13/h2-11,17H,12,25H2,1H3,(H2,26,28,29,30). The van der Waals surface area contributed by atoms with Gasteiger partial charge in [0.05, 0.1) is 17.1 Å². The van der Waals surface area contributed by atoms with Gasteiger partial charge in [-0.2, -0.15) is 28.2 Å². The first-order valence-corrected chi connectivity index (χ1v) is 9.49. The Kier molecular flexibility index (Phi) is 5.47. The van der Waals surface area contributed by atoms with Crippen LogP contribution in [0.4, 0.5) is 30.6 Å². The highest BCUT2D eigenvalue weighted by molar-refractivity contribution is 5.89. The largest absolute Gasteiger partial charge is 0.416 e. The molecule has 0 aliphatic heterocycles. The van der Waals surface area contributed by atoms with Crippen LogP contribution in [0.15, 0.2) is 60.8 Å². The molecule has 4 N–H and O–H groups in total. The van der Waals surface area contributed by atoms with E-state index >= 15 is 0 Å². The molecule has 2 aromatic carbocycles. The molecular formula is C21H20F3N7. The van der Waals surface area contributed by atoms with Gasteiger partial charge in [0.15, 0.2) is 5.65 Å². The van der Waals surface area contributed by atoms with Crippen LogP contribution in [0.25, 0.3) is 11.0 Å². The fourth-order valence-electron chi connectivity index (χ4n) is 3.10. The number of nitrogens with zero attached hydrogens (tertiary/aromatic N) is 4. The van der Waals surface area contributed by atoms with Crippen LogP contribution in [0.3, 0.4) is 0 Å². The zero-order chi connectivity index (χ0) is 22.0. The second kappa shape index (κ2) is 8.23. The zero-order valence-corrected chi connectivity index (χ0v) is 16.6. The molecule has 0 amide bonds. The maximum atomic E-state index is 12.8. The van der Waals surface area contributed by atoms with E-state index in [1.807, 2.05) is 30.3 Å². The van der Waals surface area contributed by atoms with Crippen LogP contribution in [-0.2, 0) is 13.2 Å². The summed E-state index contributed by atoms with van der Waals surface area (Å²) in [4.78, 5) is 8.96. The van der Waals surface area contributed by atoms with Gasteiger partial charge in [-0.25, -0.2) is 0 Å². The van der Waals surface area contributed by atoms with Crippen molar-refractivity contribution in [3.63, 3.8) is 0 Å². The minimum absolute atomic E-state index is 0.265. The van der Waals surface area contributed by atoms with Crippen molar-refractivity contribution in [2.24, 2.45) is 12.8 Å². The van der Waals surface area contributed by atoms with Crippen molar-refractivity contribution in [2.45, 2.75) is 12.2 Å². The summed E-state index contributed by atoms with van der Waals surface area (Å²) in [5.41, 5.74) is 7.52. The highest BCUT2D eigenvalue weighted by Crippen LogP contribution is 2.31. The van der Waals surface area contributed by atoms with Crippen LogP contribution >= 0.6 is 0 Å². The average molecular weight is 427 g/mol. The average Bonchev–Trinajstić information content (AvgIpc) is 3.13. The SMILES string of the molecule is Cn1ncc2c(Nc3ccc(C(F)(F)F)cc3)nc(NCC(N)c3ccccc3)nc21. The predicted molar refractivity (Wildman–Crippen MR) is 113 cm³/mol. The molecule has 10 heteroatoms. The van der Waals surface area contributed by atoms with Crippen molar-refractivity contribution in [3.8, 4) is 0 Å². The fourth-order valence-corrected chi connectivity index (χ4v) is 3.10. The molecule has 7 nitrogen and oxygen atoms in total. The molecule has 2 heterocycles. The fraction of sp³-hybridized carbons (Fsp3) is 0.190. The third-order valence-electron chi connectivity index (χ3n) is 4.77. The molecule has 0 aliphatic carbocycles. The molecular weight excluding hydrogens is 407 g/mol. The summed E-state index contributed by atoms with van der Waals surface area (Å²) in [6.45, 7) is 0.396. The topological polar surface area (TPSA) is 93.7 Å². The third-order valence-corrected chi connectivity index (χ3v) is 4.77. The Morgan fingerprint density at radius 3 is 2.42 bits per heavy atom. The lowest BCUT2D eigenvalue weighted by Gasteiger charge is -2.14. The third kappa shape index (κ3) is 4.58. The number of hydrogen-bond acceptors (Lipinski definition) is 6. The summed E-state index contributed by atoms with van der Waals surface area (Å²) in [6, 6.07) is 14.1. The van der Waals surface area contributed by atoms with Crippen LogP contribution < -0.4 is 16.4 Å². The number of rotatable bonds is 6. The Labute approximate surface area is 176 Å². The van der Waals surface area contributed by atoms with Gasteiger partial charge in [-0.05, 0) is 29.8 Å². The Balaban J connectivity index is 1.58. The lowest BCUT2D eigenvalue weighted by molar-refractivity contribution is -0.137. The highest BCUT2D eigenvalue weighted by atomic mass is 19.4. The number of nitrogens with two attached hydrogens (primary N) is 1. The number of alkyl halides is 3. The maximum Gasteiger partial charge on any atom is 0.416 e. The van der Waals surface area contributed by atoms with E-state index in [4.69, 9.17) is 5.73 Å². The molecule has 0 spiro atoms. The van der Waals surface area contributed by atoms with E-state index < -0.39 is 11.7 Å². The van der Waals surface area contributed by atoms with Crippen molar-refractivity contribution >= 4 is 28.5 Å². The van der Waals surface area contributed by atoms with Gasteiger partial charge < -0.3 is 16.4 Å². The van der Waals surface area contributed by atoms with Gasteiger partial charge in [-0.15, -0.1) is 0 Å². The summed E-state index contributed by atoms with van der Waals surface area (Å²) < 4.78 is 40.0. The van der Waals surface area contributed by atoms with Crippen LogP contribution in [0.2, 0.25) is 0 Å². The Morgan fingerprint density at radius 1 is 1.03 bits per heavy atom. The van der Waals surface area contributed by atoms with Crippen molar-refractivity contribution < 1.29 is 13.2 Å². The van der Waals surface area contributed by atoms with Crippen LogP contribution in [0, 0.1) is 0 Å². The lowest BCUT2D eigenvalue weighted by Crippen LogP contribution is -2.21. The number of fused-ring (bicyclic) bond motifs is 1. The molecule has 0 saturated carbocycles. The number of anilines is 3. The van der Waals surface area contributed by atoms with Crippen molar-refractivity contribution in [2.75, 3.05) is 17.2 Å². The van der Waals surface area contributed by atoms with E-state index in [0.717, 1.165) is 17.7 Å². The van der Waals surface area contributed by atoms with Gasteiger partial charge in [-0.1, -0.05) is 30.3 Å². The smallest absolute Gasteiger partial charge is 0.352 e. The number of aromatic nitrogens is 4. The van der Waals surface area contributed by atoms with E-state index in [0.29, 0.717) is 35.0 Å². The summed E-state index contributed by atoms with van der Waals surface area (Å²) >= 11 is 0. The molecule has 4 rings (SSSR count). The Morgan fingerprint density at radius 2 is 1.74 bits per heavy atom. The van der Waals surface area contributed by atoms with Gasteiger partial charge in [0.25, 0.3) is 0 Å². The second-order valence-corrected chi connectivity index (χ2v) is 7.00. The van der Waals surface area contributed by atoms with Gasteiger partial charge in [0, 0.05) is 25.3 Å². The van der Waals surface area contributed by atoms with Crippen molar-refractivity contribution in [3.05, 3.63) is 71.9 Å². The second-order valence-electron chi connectivity index (χ2n) is 7.00. The monoisotopic (exact) mass is 427 g/mol. The molecule has 0 bridgehead atoms. The van der Waals surface area contributed by atoms with Crippen LogP contribution in [0.1, 0.15) is 17.2 Å². The number of hydrogen-bond donors (Lipinski definition) is 3. The van der Waals surface area contributed by atoms with E-state index in [9.17, 15) is 13.2 Å². The molecule has 4 aromatic rings. The number of halogens is 3. The maximum absolute atomic E-state index is 12.8. The van der Waals surface area contributed by atoms with Gasteiger partial charge in [0.2, 0.25) is 5.95 Å². The minimum atomic E-state index is -4.39. The molecule has 0 saturated heterocycles. The van der Waals surface area contributed by atoms with Gasteiger partial charge in [0.1, 0.15) is 5.82 Å². The van der Waals surface area contributed by atoms with Crippen LogP contribution in [0.5, 0.6) is 0 Å². The number of nitrogens with one attached hydrogen (secondary N) is 2. The Hall–Kier alpha value is -3.66. The normalized spacial score (nSPS) is 12.7. The quantitative estimate of drug-likeness (QED) is 0.426. The molecule has 1 atom stereocenters. The van der Waals surface area contributed by atoms with E-state index in [1.54, 1.807) is 17.9 Å². The summed E-state index contributed by atoms with van der Waals surface area (Å²) in [6.07, 6.45) is -2.79. The zero-order valence-electron chi connectivity index (χ0n) is 16.6. The van der Waals surface area contributed by atoms with E-state index in [2.05, 4.69) is 25.7 Å². The lowest BCUT2D eigenvalue weighted by atomic mass is 10.1. The van der Waals surface area contributed by atoms with E-state index in [-0.39, 0.29) is 6.04 Å². The van der Waals surface area contributed by atoms with Crippen LogP contribution in [-0.4, -0.2) is 26.3 Å². The summed E-state index contributed by atoms with van der Waals surface area (Å²) in [7, 11) is 1.75. The molecule has 1 unspecified atom stereocenters. The number of benzene rings is 2. The molecule has 31 heavy (non-hydrogen) atoms. The summed E-state index contributed by atoms with van der Waals surface area (Å²) in [5, 5.41) is 11.0. The predicted octanol–water partition coefficient (Wildman–Crippen LogP) is 4.24. The first-order valence-electron chi connectivity index (χ1n) is 9.49. The minimum Gasteiger partial charge on any atom is -0.352 e. The highest BCUT2D eigenvalue weighted by Gasteiger charge is 2.30. The molecule has 0 fully saturated rings. The Bertz CT molecular complexity index is 1170.